The third-order valence-electron chi connectivity index (χ3n) is 1.94. The first-order chi connectivity index (χ1) is 7.89. The fourth-order valence-electron chi connectivity index (χ4n) is 0.927. The molecule has 0 aromatic carbocycles. The maximum absolute atomic E-state index is 11.2. The van der Waals surface area contributed by atoms with E-state index >= 15 is 0 Å². The van der Waals surface area contributed by atoms with Gasteiger partial charge in [0.1, 0.15) is 0 Å². The Kier molecular flexibility index (Phi) is 6.09. The van der Waals surface area contributed by atoms with Gasteiger partial charge in [-0.2, -0.15) is 0 Å². The van der Waals surface area contributed by atoms with Crippen molar-refractivity contribution in [2.45, 2.75) is 24.4 Å². The molecule has 1 saturated heterocycles. The third-order valence-corrected chi connectivity index (χ3v) is 9.95. The summed E-state index contributed by atoms with van der Waals surface area (Å²) in [6.07, 6.45) is -7.16. The first-order valence-electron chi connectivity index (χ1n) is 4.44. The van der Waals surface area contributed by atoms with Crippen LogP contribution in [0.4, 0.5) is 0 Å². The normalized spacial score (nSPS) is 25.4. The Morgan fingerprint density at radius 1 is 1.24 bits per heavy atom. The second kappa shape index (κ2) is 6.63. The number of carbonyl (C=O) groups is 1. The fourth-order valence-corrected chi connectivity index (χ4v) is 5.08. The zero-order valence-corrected chi connectivity index (χ0v) is 13.2. The van der Waals surface area contributed by atoms with E-state index in [0.29, 0.717) is 0 Å². The molecule has 0 aliphatic carbocycles. The molecule has 1 heterocycles. The van der Waals surface area contributed by atoms with Crippen LogP contribution in [-0.2, 0) is 18.8 Å². The molecule has 11 heteroatoms. The summed E-state index contributed by atoms with van der Waals surface area (Å²) in [5, 5.41) is 36.7. The van der Waals surface area contributed by atoms with E-state index in [-0.39, 0.29) is 6.29 Å². The van der Waals surface area contributed by atoms with Crippen LogP contribution in [0.2, 0.25) is 0 Å². The number of aliphatic hydroxyl groups excluding tert-OH is 4. The Bertz CT molecular complexity index is 304. The van der Waals surface area contributed by atoms with Crippen molar-refractivity contribution >= 4 is 39.2 Å². The molecule has 1 rings (SSSR count). The Morgan fingerprint density at radius 3 is 2.24 bits per heavy atom. The number of rotatable bonds is 7. The first-order valence-corrected chi connectivity index (χ1v) is 9.07. The number of aliphatic hydroxyl groups is 4. The summed E-state index contributed by atoms with van der Waals surface area (Å²) < 4.78 is 25.0. The number of aldehydes is 1. The Morgan fingerprint density at radius 2 is 1.82 bits per heavy atom. The van der Waals surface area contributed by atoms with Gasteiger partial charge in [-0.15, -0.1) is 0 Å². The van der Waals surface area contributed by atoms with E-state index in [2.05, 4.69) is 9.47 Å². The van der Waals surface area contributed by atoms with E-state index in [0.717, 1.165) is 0 Å². The molecule has 1 aliphatic rings. The van der Waals surface area contributed by atoms with Crippen LogP contribution in [0.1, 0.15) is 0 Å². The van der Waals surface area contributed by atoms with Crippen molar-refractivity contribution < 1.29 is 39.3 Å². The predicted octanol–water partition coefficient (Wildman–Crippen LogP) is -2.67. The molecule has 0 bridgehead atoms. The third kappa shape index (κ3) is 4.29. The van der Waals surface area contributed by atoms with Gasteiger partial charge in [-0.25, -0.2) is 0 Å². The molecule has 9 nitrogen and oxygen atoms in total. The monoisotopic (exact) mass is 466 g/mol. The second-order valence-corrected chi connectivity index (χ2v) is 9.61. The number of carbonyl (C=O) groups excluding carboxylic acids is 1. The molecule has 1 aliphatic heterocycles. The molecule has 4 N–H and O–H groups in total. The summed E-state index contributed by atoms with van der Waals surface area (Å²) in [6, 6.07) is 0. The van der Waals surface area contributed by atoms with Crippen molar-refractivity contribution in [3.05, 3.63) is 0 Å². The summed E-state index contributed by atoms with van der Waals surface area (Å²) in [4.78, 5) is 10.1. The molecule has 0 saturated carbocycles. The van der Waals surface area contributed by atoms with Gasteiger partial charge in [-0.3, -0.25) is 0 Å². The molecular formula is C6H11O9PPb. The van der Waals surface area contributed by atoms with E-state index in [4.69, 9.17) is 5.11 Å². The van der Waals surface area contributed by atoms with Gasteiger partial charge >= 0.3 is 110 Å². The average molecular weight is 465 g/mol. The summed E-state index contributed by atoms with van der Waals surface area (Å²) in [7, 11) is -3.55. The first kappa shape index (κ1) is 15.6. The standard InChI is InChI=1S/C6H13O9P.Pb/c7-1-3(8)5(10)6(11)4(9)2-15-16(12,13)14;/h1,3-6,8-11H,2H2,(H2,12,13,14);/q;+2/p-2/t3-,4+,5+,6+;/m0./s1. The van der Waals surface area contributed by atoms with Gasteiger partial charge in [0.05, 0.1) is 0 Å². The average Bonchev–Trinajstić information content (AvgIpc) is 2.30. The van der Waals surface area contributed by atoms with E-state index in [1.54, 1.807) is 0 Å². The van der Waals surface area contributed by atoms with E-state index in [1.165, 1.54) is 0 Å². The number of hydrogen-bond donors (Lipinski definition) is 4. The van der Waals surface area contributed by atoms with Gasteiger partial charge < -0.3 is 0 Å². The van der Waals surface area contributed by atoms with Gasteiger partial charge in [0, 0.05) is 0 Å². The summed E-state index contributed by atoms with van der Waals surface area (Å²) >= 11 is -1.69. The van der Waals surface area contributed by atoms with Crippen LogP contribution < -0.4 is 0 Å². The molecule has 17 heavy (non-hydrogen) atoms. The quantitative estimate of drug-likeness (QED) is 0.180. The summed E-state index contributed by atoms with van der Waals surface area (Å²) in [6.45, 7) is -0.621. The fraction of sp³-hybridized carbons (Fsp3) is 0.833. The van der Waals surface area contributed by atoms with Crippen LogP contribution in [0, 0.1) is 0 Å². The van der Waals surface area contributed by atoms with Crippen molar-refractivity contribution in [2.24, 2.45) is 0 Å². The van der Waals surface area contributed by atoms with Gasteiger partial charge in [0.25, 0.3) is 0 Å². The van der Waals surface area contributed by atoms with E-state index in [1.807, 2.05) is 0 Å². The maximum atomic E-state index is 11.2. The SMILES string of the molecule is O=C[C@H](O)[C@@H](O)[C@H](O)[C@H](O)COP1(=O)[O][Pb][O]1. The van der Waals surface area contributed by atoms with Crippen LogP contribution >= 0.6 is 7.82 Å². The van der Waals surface area contributed by atoms with Crippen LogP contribution in [-0.4, -0.2) is 82.9 Å². The van der Waals surface area contributed by atoms with Crippen molar-refractivity contribution in [1.82, 2.24) is 0 Å². The van der Waals surface area contributed by atoms with Crippen molar-refractivity contribution in [1.29, 1.82) is 0 Å². The molecular weight excluding hydrogens is 454 g/mol. The Labute approximate surface area is 109 Å². The minimum atomic E-state index is -3.55. The van der Waals surface area contributed by atoms with Crippen LogP contribution in [0.5, 0.6) is 0 Å². The minimum absolute atomic E-state index is 0.00947. The van der Waals surface area contributed by atoms with Gasteiger partial charge in [0.2, 0.25) is 0 Å². The Balaban J connectivity index is 2.38. The summed E-state index contributed by atoms with van der Waals surface area (Å²) in [5.74, 6) is 0. The van der Waals surface area contributed by atoms with Gasteiger partial charge in [-0.05, 0) is 0 Å². The number of phosphoric acid groups is 1. The zero-order chi connectivity index (χ0) is 13.1. The van der Waals surface area contributed by atoms with Crippen LogP contribution in [0.25, 0.3) is 0 Å². The zero-order valence-electron chi connectivity index (χ0n) is 8.37. The van der Waals surface area contributed by atoms with E-state index < -0.39 is 64.0 Å². The molecule has 1 fully saturated rings. The molecule has 2 radical (unpaired) electrons. The molecule has 0 unspecified atom stereocenters. The molecule has 98 valence electrons. The van der Waals surface area contributed by atoms with E-state index in [9.17, 15) is 24.7 Å². The van der Waals surface area contributed by atoms with Crippen molar-refractivity contribution in [3.63, 3.8) is 0 Å². The van der Waals surface area contributed by atoms with Crippen LogP contribution in [0.3, 0.4) is 0 Å². The molecule has 0 amide bonds. The number of hydrogen-bond acceptors (Lipinski definition) is 9. The van der Waals surface area contributed by atoms with Gasteiger partial charge in [0.15, 0.2) is 0 Å². The van der Waals surface area contributed by atoms with Gasteiger partial charge in [-0.1, -0.05) is 0 Å². The predicted molar refractivity (Wildman–Crippen MR) is 51.6 cm³/mol. The molecule has 4 atom stereocenters. The Hall–Kier alpha value is 0.542. The van der Waals surface area contributed by atoms with Crippen LogP contribution in [0.15, 0.2) is 0 Å². The molecule has 0 spiro atoms. The van der Waals surface area contributed by atoms with Crippen molar-refractivity contribution in [3.8, 4) is 0 Å². The second-order valence-electron chi connectivity index (χ2n) is 3.18. The topological polar surface area (TPSA) is 143 Å². The van der Waals surface area contributed by atoms with Crippen molar-refractivity contribution in [2.75, 3.05) is 6.61 Å². The summed E-state index contributed by atoms with van der Waals surface area (Å²) in [5.41, 5.74) is 0. The molecule has 0 aromatic heterocycles. The molecule has 0 aromatic rings.